The molecule has 2 aromatic carbocycles. The zero-order valence-corrected chi connectivity index (χ0v) is 15.3. The lowest BCUT2D eigenvalue weighted by molar-refractivity contribution is -0.137. The highest BCUT2D eigenvalue weighted by Gasteiger charge is 2.33. The third kappa shape index (κ3) is 4.69. The molecule has 0 aromatic heterocycles. The summed E-state index contributed by atoms with van der Waals surface area (Å²) in [4.78, 5) is 12.4. The van der Waals surface area contributed by atoms with Gasteiger partial charge in [-0.1, -0.05) is 30.7 Å². The number of ether oxygens (including phenoxy) is 1. The third-order valence-electron chi connectivity index (χ3n) is 4.03. The van der Waals surface area contributed by atoms with Crippen molar-refractivity contribution in [3.8, 4) is 5.75 Å². The highest BCUT2D eigenvalue weighted by atomic mass is 35.5. The minimum Gasteiger partial charge on any atom is -0.480 e. The number of aryl methyl sites for hydroxylation is 1. The molecule has 0 bridgehead atoms. The van der Waals surface area contributed by atoms with Crippen LogP contribution in [0.5, 0.6) is 5.75 Å². The number of nitrogens with one attached hydrogen (secondary N) is 1. The van der Waals surface area contributed by atoms with Gasteiger partial charge in [0.15, 0.2) is 6.10 Å². The van der Waals surface area contributed by atoms with E-state index in [-0.39, 0.29) is 5.69 Å². The van der Waals surface area contributed by atoms with Crippen LogP contribution in [0.2, 0.25) is 5.02 Å². The predicted molar refractivity (Wildman–Crippen MR) is 95.7 cm³/mol. The van der Waals surface area contributed by atoms with E-state index in [1.807, 2.05) is 26.0 Å². The van der Waals surface area contributed by atoms with Gasteiger partial charge in [-0.2, -0.15) is 13.2 Å². The number of alkyl halides is 3. The molecule has 0 saturated carbocycles. The monoisotopic (exact) mass is 385 g/mol. The highest BCUT2D eigenvalue weighted by Crippen LogP contribution is 2.36. The summed E-state index contributed by atoms with van der Waals surface area (Å²) in [5.41, 5.74) is 0.935. The van der Waals surface area contributed by atoms with E-state index in [1.54, 1.807) is 13.0 Å². The van der Waals surface area contributed by atoms with Crippen molar-refractivity contribution in [1.29, 1.82) is 0 Å². The topological polar surface area (TPSA) is 38.3 Å². The quantitative estimate of drug-likeness (QED) is 0.709. The fourth-order valence-corrected chi connectivity index (χ4v) is 2.60. The molecule has 2 rings (SSSR count). The Morgan fingerprint density at radius 3 is 2.54 bits per heavy atom. The van der Waals surface area contributed by atoms with Gasteiger partial charge in [0.25, 0.3) is 5.91 Å². The number of halogens is 4. The van der Waals surface area contributed by atoms with Gasteiger partial charge in [0.05, 0.1) is 10.6 Å². The molecular formula is C19H19ClF3NO2. The number of hydrogen-bond donors (Lipinski definition) is 1. The third-order valence-corrected chi connectivity index (χ3v) is 4.36. The molecule has 0 aliphatic carbocycles. The maximum Gasteiger partial charge on any atom is 0.417 e. The van der Waals surface area contributed by atoms with Gasteiger partial charge >= 0.3 is 6.18 Å². The van der Waals surface area contributed by atoms with Gasteiger partial charge in [-0.3, -0.25) is 4.79 Å². The molecular weight excluding hydrogens is 367 g/mol. The Morgan fingerprint density at radius 2 is 1.92 bits per heavy atom. The van der Waals surface area contributed by atoms with E-state index in [1.165, 1.54) is 6.07 Å². The van der Waals surface area contributed by atoms with Crippen molar-refractivity contribution in [3.63, 3.8) is 0 Å². The summed E-state index contributed by atoms with van der Waals surface area (Å²) in [6.45, 7) is 5.57. The first-order chi connectivity index (χ1) is 12.1. The Labute approximate surface area is 155 Å². The maximum atomic E-state index is 12.9. The predicted octanol–water partition coefficient (Wildman–Crippen LogP) is 5.77. The van der Waals surface area contributed by atoms with Crippen molar-refractivity contribution < 1.29 is 22.7 Å². The Morgan fingerprint density at radius 1 is 1.23 bits per heavy atom. The molecule has 1 atom stereocenters. The van der Waals surface area contributed by atoms with Gasteiger partial charge in [-0.05, 0) is 55.7 Å². The molecule has 0 saturated heterocycles. The number of hydrogen-bond acceptors (Lipinski definition) is 2. The zero-order chi connectivity index (χ0) is 19.5. The average molecular weight is 386 g/mol. The Kier molecular flexibility index (Phi) is 6.18. The molecule has 0 spiro atoms. The Hall–Kier alpha value is -2.21. The van der Waals surface area contributed by atoms with E-state index in [9.17, 15) is 18.0 Å². The second kappa shape index (κ2) is 7.99. The molecule has 140 valence electrons. The Balaban J connectivity index is 2.18. The normalized spacial score (nSPS) is 12.6. The van der Waals surface area contributed by atoms with Gasteiger partial charge in [0.1, 0.15) is 5.75 Å². The van der Waals surface area contributed by atoms with Crippen LogP contribution in [0.4, 0.5) is 18.9 Å². The molecule has 0 radical (unpaired) electrons. The van der Waals surface area contributed by atoms with E-state index in [0.29, 0.717) is 12.2 Å². The maximum absolute atomic E-state index is 12.9. The fraction of sp³-hybridized carbons (Fsp3) is 0.316. The standard InChI is InChI=1S/C19H19ClF3NO2/c1-4-16(26-17-7-5-6-11(2)12(17)3)18(25)24-13-8-9-15(20)14(10-13)19(21,22)23/h5-10,16H,4H2,1-3H3,(H,24,25)/t16-/m0/s1. The first-order valence-electron chi connectivity index (χ1n) is 8.04. The summed E-state index contributed by atoms with van der Waals surface area (Å²) >= 11 is 5.59. The van der Waals surface area contributed by atoms with Crippen molar-refractivity contribution in [2.75, 3.05) is 5.32 Å². The molecule has 0 aliphatic heterocycles. The van der Waals surface area contributed by atoms with Crippen LogP contribution in [-0.2, 0) is 11.0 Å². The second-order valence-corrected chi connectivity index (χ2v) is 6.30. The summed E-state index contributed by atoms with van der Waals surface area (Å²) in [5.74, 6) is 0.0444. The SMILES string of the molecule is CC[C@H](Oc1cccc(C)c1C)C(=O)Nc1ccc(Cl)c(C(F)(F)F)c1. The molecule has 0 unspecified atom stereocenters. The molecule has 0 heterocycles. The van der Waals surface area contributed by atoms with Gasteiger partial charge in [-0.25, -0.2) is 0 Å². The largest absolute Gasteiger partial charge is 0.480 e. The summed E-state index contributed by atoms with van der Waals surface area (Å²) in [6.07, 6.45) is -5.07. The zero-order valence-electron chi connectivity index (χ0n) is 14.6. The van der Waals surface area contributed by atoms with Crippen LogP contribution in [0.3, 0.4) is 0 Å². The average Bonchev–Trinajstić information content (AvgIpc) is 2.56. The van der Waals surface area contributed by atoms with Crippen LogP contribution in [0.25, 0.3) is 0 Å². The van der Waals surface area contributed by atoms with Crippen LogP contribution in [0.15, 0.2) is 36.4 Å². The lowest BCUT2D eigenvalue weighted by atomic mass is 10.1. The molecule has 7 heteroatoms. The molecule has 3 nitrogen and oxygen atoms in total. The highest BCUT2D eigenvalue weighted by molar-refractivity contribution is 6.31. The van der Waals surface area contributed by atoms with Crippen LogP contribution < -0.4 is 10.1 Å². The first-order valence-corrected chi connectivity index (χ1v) is 8.41. The van der Waals surface area contributed by atoms with Gasteiger partial charge in [0, 0.05) is 5.69 Å². The van der Waals surface area contributed by atoms with Crippen molar-refractivity contribution in [2.24, 2.45) is 0 Å². The summed E-state index contributed by atoms with van der Waals surface area (Å²) < 4.78 is 44.6. The molecule has 2 aromatic rings. The van der Waals surface area contributed by atoms with Crippen molar-refractivity contribution >= 4 is 23.2 Å². The summed E-state index contributed by atoms with van der Waals surface area (Å²) in [6, 6.07) is 8.73. The van der Waals surface area contributed by atoms with E-state index >= 15 is 0 Å². The number of amides is 1. The van der Waals surface area contributed by atoms with Crippen LogP contribution in [0, 0.1) is 13.8 Å². The van der Waals surface area contributed by atoms with Crippen LogP contribution in [0.1, 0.15) is 30.0 Å². The lowest BCUT2D eigenvalue weighted by Crippen LogP contribution is -2.32. The number of benzene rings is 2. The van der Waals surface area contributed by atoms with Gasteiger partial charge in [-0.15, -0.1) is 0 Å². The smallest absolute Gasteiger partial charge is 0.417 e. The number of carbonyl (C=O) groups is 1. The molecule has 0 aliphatic rings. The molecule has 1 N–H and O–H groups in total. The van der Waals surface area contributed by atoms with Crippen molar-refractivity contribution in [3.05, 3.63) is 58.1 Å². The molecule has 26 heavy (non-hydrogen) atoms. The van der Waals surface area contributed by atoms with Crippen molar-refractivity contribution in [2.45, 2.75) is 39.5 Å². The summed E-state index contributed by atoms with van der Waals surface area (Å²) in [7, 11) is 0. The fourth-order valence-electron chi connectivity index (χ4n) is 2.37. The Bertz CT molecular complexity index is 806. The number of rotatable bonds is 5. The summed E-state index contributed by atoms with van der Waals surface area (Å²) in [5, 5.41) is 2.04. The van der Waals surface area contributed by atoms with Crippen molar-refractivity contribution in [1.82, 2.24) is 0 Å². The molecule has 0 fully saturated rings. The van der Waals surface area contributed by atoms with Crippen LogP contribution in [-0.4, -0.2) is 12.0 Å². The van der Waals surface area contributed by atoms with E-state index in [2.05, 4.69) is 5.32 Å². The van der Waals surface area contributed by atoms with E-state index < -0.39 is 28.8 Å². The van der Waals surface area contributed by atoms with E-state index in [4.69, 9.17) is 16.3 Å². The first kappa shape index (κ1) is 20.1. The van der Waals surface area contributed by atoms with E-state index in [0.717, 1.165) is 23.3 Å². The number of carbonyl (C=O) groups excluding carboxylic acids is 1. The molecule has 1 amide bonds. The van der Waals surface area contributed by atoms with Gasteiger partial charge < -0.3 is 10.1 Å². The number of anilines is 1. The second-order valence-electron chi connectivity index (χ2n) is 5.89. The minimum absolute atomic E-state index is 0.00902. The lowest BCUT2D eigenvalue weighted by Gasteiger charge is -2.20. The van der Waals surface area contributed by atoms with Crippen LogP contribution >= 0.6 is 11.6 Å². The minimum atomic E-state index is -4.60. The van der Waals surface area contributed by atoms with Gasteiger partial charge in [0.2, 0.25) is 0 Å².